The van der Waals surface area contributed by atoms with Gasteiger partial charge >= 0.3 is 0 Å². The highest BCUT2D eigenvalue weighted by Gasteiger charge is 2.08. The van der Waals surface area contributed by atoms with Gasteiger partial charge in [0, 0.05) is 17.4 Å². The fourth-order valence-corrected chi connectivity index (χ4v) is 1.49. The Morgan fingerprint density at radius 1 is 1.25 bits per heavy atom. The van der Waals surface area contributed by atoms with Crippen LogP contribution in [0.1, 0.15) is 18.2 Å². The van der Waals surface area contributed by atoms with E-state index in [9.17, 15) is 4.79 Å². The number of aromatic nitrogens is 1. The number of rotatable bonds is 2. The largest absolute Gasteiger partial charge is 0.384 e. The van der Waals surface area contributed by atoms with Gasteiger partial charge < -0.3 is 10.4 Å². The van der Waals surface area contributed by atoms with Gasteiger partial charge in [0.2, 0.25) is 0 Å². The second-order valence-corrected chi connectivity index (χ2v) is 4.21. The van der Waals surface area contributed by atoms with E-state index in [-0.39, 0.29) is 0 Å². The third-order valence-electron chi connectivity index (χ3n) is 2.51. The van der Waals surface area contributed by atoms with E-state index in [1.807, 2.05) is 24.3 Å². The Kier molecular flexibility index (Phi) is 4.48. The minimum Gasteiger partial charge on any atom is -0.384 e. The third-order valence-corrected chi connectivity index (χ3v) is 2.51. The molecule has 0 aliphatic carbocycles. The fourth-order valence-electron chi connectivity index (χ4n) is 1.49. The van der Waals surface area contributed by atoms with E-state index in [1.165, 1.54) is 6.92 Å². The van der Waals surface area contributed by atoms with Crippen molar-refractivity contribution in [3.63, 3.8) is 0 Å². The summed E-state index contributed by atoms with van der Waals surface area (Å²) in [6.07, 6.45) is 0.641. The number of nitrogens with one attached hydrogen (secondary N) is 1. The lowest BCUT2D eigenvalue weighted by Crippen LogP contribution is -2.24. The van der Waals surface area contributed by atoms with Gasteiger partial charge in [-0.1, -0.05) is 18.1 Å². The van der Waals surface area contributed by atoms with E-state index in [2.05, 4.69) is 22.1 Å². The molecule has 1 amide bonds. The molecule has 100 valence electrons. The lowest BCUT2D eigenvalue weighted by molar-refractivity contribution is -0.123. The number of carbonyl (C=O) groups excluding carboxylic acids is 1. The summed E-state index contributed by atoms with van der Waals surface area (Å²) >= 11 is 0. The highest BCUT2D eigenvalue weighted by molar-refractivity contribution is 5.93. The van der Waals surface area contributed by atoms with Crippen molar-refractivity contribution >= 4 is 11.6 Å². The molecule has 0 aliphatic rings. The van der Waals surface area contributed by atoms with Crippen molar-refractivity contribution in [3.05, 3.63) is 59.9 Å². The SMILES string of the molecule is CC(O)C(=O)Nc1cccc(C#Cc2ccccn2)c1. The maximum Gasteiger partial charge on any atom is 0.252 e. The molecule has 1 aromatic carbocycles. The Hall–Kier alpha value is -2.64. The van der Waals surface area contributed by atoms with Crippen LogP contribution in [-0.2, 0) is 4.79 Å². The van der Waals surface area contributed by atoms with E-state index in [1.54, 1.807) is 24.4 Å². The predicted octanol–water partition coefficient (Wildman–Crippen LogP) is 1.80. The zero-order valence-corrected chi connectivity index (χ0v) is 11.0. The first-order valence-electron chi connectivity index (χ1n) is 6.17. The number of pyridine rings is 1. The van der Waals surface area contributed by atoms with Gasteiger partial charge in [-0.3, -0.25) is 4.79 Å². The first kappa shape index (κ1) is 13.8. The van der Waals surface area contributed by atoms with Crippen LogP contribution < -0.4 is 5.32 Å². The quantitative estimate of drug-likeness (QED) is 0.815. The molecule has 0 saturated heterocycles. The predicted molar refractivity (Wildman–Crippen MR) is 77.0 cm³/mol. The zero-order chi connectivity index (χ0) is 14.4. The topological polar surface area (TPSA) is 62.2 Å². The molecule has 2 N–H and O–H groups in total. The van der Waals surface area contributed by atoms with Crippen LogP contribution in [-0.4, -0.2) is 22.1 Å². The van der Waals surface area contributed by atoms with Gasteiger partial charge in [0.15, 0.2) is 0 Å². The number of carbonyl (C=O) groups is 1. The Labute approximate surface area is 117 Å². The molecule has 0 saturated carbocycles. The molecule has 0 spiro atoms. The summed E-state index contributed by atoms with van der Waals surface area (Å²) in [6.45, 7) is 1.42. The van der Waals surface area contributed by atoms with Gasteiger partial charge in [-0.2, -0.15) is 0 Å². The highest BCUT2D eigenvalue weighted by atomic mass is 16.3. The maximum absolute atomic E-state index is 11.4. The van der Waals surface area contributed by atoms with Gasteiger partial charge in [-0.15, -0.1) is 0 Å². The van der Waals surface area contributed by atoms with Gasteiger partial charge in [-0.25, -0.2) is 4.98 Å². The summed E-state index contributed by atoms with van der Waals surface area (Å²) in [5, 5.41) is 11.8. The van der Waals surface area contributed by atoms with Gasteiger partial charge in [-0.05, 0) is 43.2 Å². The van der Waals surface area contributed by atoms with E-state index >= 15 is 0 Å². The van der Waals surface area contributed by atoms with Crippen molar-refractivity contribution < 1.29 is 9.90 Å². The number of hydrogen-bond donors (Lipinski definition) is 2. The summed E-state index contributed by atoms with van der Waals surface area (Å²) in [6, 6.07) is 12.6. The van der Waals surface area contributed by atoms with Gasteiger partial charge in [0.05, 0.1) is 0 Å². The molecule has 2 rings (SSSR count). The summed E-state index contributed by atoms with van der Waals surface area (Å²) in [5.41, 5.74) is 2.05. The number of benzene rings is 1. The van der Waals surface area contributed by atoms with Crippen molar-refractivity contribution in [2.24, 2.45) is 0 Å². The zero-order valence-electron chi connectivity index (χ0n) is 11.0. The molecule has 0 radical (unpaired) electrons. The van der Waals surface area contributed by atoms with Crippen molar-refractivity contribution in [3.8, 4) is 11.8 Å². The smallest absolute Gasteiger partial charge is 0.252 e. The Morgan fingerprint density at radius 3 is 2.80 bits per heavy atom. The van der Waals surface area contributed by atoms with Crippen molar-refractivity contribution in [1.29, 1.82) is 0 Å². The first-order chi connectivity index (χ1) is 9.65. The molecule has 1 unspecified atom stereocenters. The molecular formula is C16H14N2O2. The number of hydrogen-bond acceptors (Lipinski definition) is 3. The second-order valence-electron chi connectivity index (χ2n) is 4.21. The second kappa shape index (κ2) is 6.50. The van der Waals surface area contributed by atoms with Crippen molar-refractivity contribution in [1.82, 2.24) is 4.98 Å². The van der Waals surface area contributed by atoms with Crippen LogP contribution in [0.5, 0.6) is 0 Å². The molecule has 0 aliphatic heterocycles. The molecule has 1 aromatic heterocycles. The number of aliphatic hydroxyl groups is 1. The van der Waals surface area contributed by atoms with Crippen LogP contribution in [0.25, 0.3) is 0 Å². The van der Waals surface area contributed by atoms with Crippen LogP contribution in [0.3, 0.4) is 0 Å². The summed E-state index contributed by atoms with van der Waals surface area (Å²) in [5.74, 6) is 5.47. The normalized spacial score (nSPS) is 11.1. The average Bonchev–Trinajstić information content (AvgIpc) is 2.46. The Bertz CT molecular complexity index is 655. The monoisotopic (exact) mass is 266 g/mol. The molecule has 0 bridgehead atoms. The Balaban J connectivity index is 2.15. The first-order valence-corrected chi connectivity index (χ1v) is 6.17. The minimum atomic E-state index is -1.04. The third kappa shape index (κ3) is 3.94. The minimum absolute atomic E-state index is 0.445. The fraction of sp³-hybridized carbons (Fsp3) is 0.125. The van der Waals surface area contributed by atoms with Crippen molar-refractivity contribution in [2.75, 3.05) is 5.32 Å². The molecule has 4 heteroatoms. The molecule has 20 heavy (non-hydrogen) atoms. The molecule has 0 fully saturated rings. The standard InChI is InChI=1S/C16H14N2O2/c1-12(19)16(20)18-15-7-4-5-13(11-15)8-9-14-6-2-3-10-17-14/h2-7,10-12,19H,1H3,(H,18,20). The van der Waals surface area contributed by atoms with Crippen LogP contribution >= 0.6 is 0 Å². The lowest BCUT2D eigenvalue weighted by atomic mass is 10.2. The van der Waals surface area contributed by atoms with Gasteiger partial charge in [0.1, 0.15) is 11.8 Å². The van der Waals surface area contributed by atoms with E-state index in [0.29, 0.717) is 11.4 Å². The summed E-state index contributed by atoms with van der Waals surface area (Å²) in [4.78, 5) is 15.5. The van der Waals surface area contributed by atoms with Crippen molar-refractivity contribution in [2.45, 2.75) is 13.0 Å². The number of nitrogens with zero attached hydrogens (tertiary/aromatic N) is 1. The molecular weight excluding hydrogens is 252 g/mol. The summed E-state index contributed by atoms with van der Waals surface area (Å²) in [7, 11) is 0. The number of anilines is 1. The van der Waals surface area contributed by atoms with E-state index < -0.39 is 12.0 Å². The average molecular weight is 266 g/mol. The van der Waals surface area contributed by atoms with E-state index in [0.717, 1.165) is 5.56 Å². The molecule has 4 nitrogen and oxygen atoms in total. The molecule has 2 aromatic rings. The lowest BCUT2D eigenvalue weighted by Gasteiger charge is -2.06. The van der Waals surface area contributed by atoms with Gasteiger partial charge in [0.25, 0.3) is 5.91 Å². The van der Waals surface area contributed by atoms with Crippen LogP contribution in [0.2, 0.25) is 0 Å². The van der Waals surface area contributed by atoms with E-state index in [4.69, 9.17) is 5.11 Å². The summed E-state index contributed by atoms with van der Waals surface area (Å²) < 4.78 is 0. The number of aliphatic hydroxyl groups excluding tert-OH is 1. The van der Waals surface area contributed by atoms with Crippen LogP contribution in [0, 0.1) is 11.8 Å². The molecule has 1 atom stereocenters. The Morgan fingerprint density at radius 2 is 2.10 bits per heavy atom. The maximum atomic E-state index is 11.4. The molecule has 1 heterocycles. The highest BCUT2D eigenvalue weighted by Crippen LogP contribution is 2.10. The van der Waals surface area contributed by atoms with Crippen LogP contribution in [0.4, 0.5) is 5.69 Å². The number of amides is 1. The van der Waals surface area contributed by atoms with Crippen LogP contribution in [0.15, 0.2) is 48.7 Å².